The van der Waals surface area contributed by atoms with Crippen molar-refractivity contribution < 1.29 is 0 Å². The van der Waals surface area contributed by atoms with Crippen molar-refractivity contribution >= 4 is 86.2 Å². The van der Waals surface area contributed by atoms with Gasteiger partial charge in [-0.2, -0.15) is 0 Å². The number of hydrogen-bond donors (Lipinski definition) is 0. The molecule has 1 heterocycles. The summed E-state index contributed by atoms with van der Waals surface area (Å²) in [7, 11) is 0. The zero-order chi connectivity index (χ0) is 12.2. The number of nitrogens with zero attached hydrogens (tertiary/aromatic N) is 1. The van der Waals surface area contributed by atoms with Crippen molar-refractivity contribution in [1.82, 2.24) is 4.98 Å². The molecule has 0 N–H and O–H groups in total. The van der Waals surface area contributed by atoms with E-state index in [1.54, 1.807) is 0 Å². The van der Waals surface area contributed by atoms with Gasteiger partial charge < -0.3 is 0 Å². The lowest BCUT2D eigenvalue weighted by Gasteiger charge is -2.16. The molecule has 1 nitrogen and oxygen atoms in total. The van der Waals surface area contributed by atoms with Crippen LogP contribution in [0.15, 0.2) is 5.03 Å². The number of alkyl halides is 2. The molecule has 1 aromatic rings. The van der Waals surface area contributed by atoms with E-state index in [9.17, 15) is 0 Å². The molecule has 0 aliphatic heterocycles. The van der Waals surface area contributed by atoms with Gasteiger partial charge in [-0.3, -0.25) is 0 Å². The van der Waals surface area contributed by atoms with Gasteiger partial charge in [0, 0.05) is 5.56 Å². The summed E-state index contributed by atoms with van der Waals surface area (Å²) in [5.41, 5.74) is 0.498. The lowest BCUT2D eigenvalue weighted by Crippen LogP contribution is -2.09. The van der Waals surface area contributed by atoms with Gasteiger partial charge in [-0.25, -0.2) is 4.98 Å². The zero-order valence-corrected chi connectivity index (χ0v) is 12.4. The molecular weight excluding hydrogens is 358 g/mol. The van der Waals surface area contributed by atoms with E-state index in [4.69, 9.17) is 81.2 Å². The lowest BCUT2D eigenvalue weighted by atomic mass is 10.2. The Bertz CT molecular complexity index is 520. The van der Waals surface area contributed by atoms with Crippen LogP contribution >= 0.6 is 81.2 Å². The molecule has 0 saturated carbocycles. The van der Waals surface area contributed by atoms with Crippen LogP contribution in [0.25, 0.3) is 5.03 Å². The number of hydrogen-bond acceptors (Lipinski definition) is 1. The van der Waals surface area contributed by atoms with Gasteiger partial charge in [0.15, 0.2) is 4.33 Å². The van der Waals surface area contributed by atoms with Crippen molar-refractivity contribution in [3.8, 4) is 0 Å². The topological polar surface area (TPSA) is 12.9 Å². The van der Waals surface area contributed by atoms with Crippen LogP contribution in [-0.4, -0.2) is 4.98 Å². The highest BCUT2D eigenvalue weighted by Crippen LogP contribution is 2.58. The van der Waals surface area contributed by atoms with Crippen molar-refractivity contribution in [1.29, 1.82) is 0 Å². The summed E-state index contributed by atoms with van der Waals surface area (Å²) in [4.78, 5) is 3.95. The van der Waals surface area contributed by atoms with Gasteiger partial charge in [0.25, 0.3) is 0 Å². The van der Waals surface area contributed by atoms with Crippen LogP contribution in [0.5, 0.6) is 0 Å². The van der Waals surface area contributed by atoms with Crippen LogP contribution in [0.4, 0.5) is 0 Å². The number of fused-ring (bicyclic) bond motifs is 1. The summed E-state index contributed by atoms with van der Waals surface area (Å²) in [5, 5.41) is 0.306. The molecule has 0 spiro atoms. The second-order valence-corrected chi connectivity index (χ2v) is 6.15. The third-order valence-corrected chi connectivity index (χ3v) is 5.13. The molecule has 8 heteroatoms. The summed E-state index contributed by atoms with van der Waals surface area (Å²) in [6.07, 6.45) is 0. The molecule has 0 bridgehead atoms. The maximum atomic E-state index is 6.04. The third-order valence-electron chi connectivity index (χ3n) is 2.03. The predicted molar refractivity (Wildman–Crippen MR) is 71.3 cm³/mol. The normalized spacial score (nSPS) is 17.9. The van der Waals surface area contributed by atoms with Crippen LogP contribution < -0.4 is 0 Å². The summed E-state index contributed by atoms with van der Waals surface area (Å²) in [6, 6.07) is 0. The van der Waals surface area contributed by atoms with Gasteiger partial charge in [-0.1, -0.05) is 81.2 Å². The largest absolute Gasteiger partial charge is 0.233 e. The van der Waals surface area contributed by atoms with Gasteiger partial charge >= 0.3 is 0 Å². The molecule has 1 aliphatic carbocycles. The molecule has 2 rings (SSSR count). The van der Waals surface area contributed by atoms with Crippen molar-refractivity contribution in [2.45, 2.75) is 4.33 Å². The highest BCUT2D eigenvalue weighted by molar-refractivity contribution is 6.65. The Morgan fingerprint density at radius 1 is 0.875 bits per heavy atom. The van der Waals surface area contributed by atoms with Gasteiger partial charge in [0.05, 0.1) is 25.8 Å². The molecule has 0 atom stereocenters. The smallest absolute Gasteiger partial charge is 0.183 e. The van der Waals surface area contributed by atoms with Crippen LogP contribution in [0.2, 0.25) is 15.2 Å². The van der Waals surface area contributed by atoms with E-state index >= 15 is 0 Å². The highest BCUT2D eigenvalue weighted by Gasteiger charge is 2.45. The average Bonchev–Trinajstić information content (AvgIpc) is 2.37. The van der Waals surface area contributed by atoms with E-state index in [-0.39, 0.29) is 36.5 Å². The minimum absolute atomic E-state index is 0.0130. The summed E-state index contributed by atoms with van der Waals surface area (Å²) in [5.74, 6) is 0. The van der Waals surface area contributed by atoms with Crippen molar-refractivity contribution in [3.63, 3.8) is 0 Å². The molecule has 0 aromatic carbocycles. The van der Waals surface area contributed by atoms with Crippen LogP contribution in [0.1, 0.15) is 11.3 Å². The highest BCUT2D eigenvalue weighted by atomic mass is 35.5. The van der Waals surface area contributed by atoms with Gasteiger partial charge in [0.1, 0.15) is 5.15 Å². The minimum atomic E-state index is -1.55. The van der Waals surface area contributed by atoms with E-state index in [2.05, 4.69) is 4.98 Å². The molecule has 16 heavy (non-hydrogen) atoms. The van der Waals surface area contributed by atoms with Crippen LogP contribution in [-0.2, 0) is 4.33 Å². The standard InChI is InChI=1S/C8Cl7N/c9-2-1-5(16-7(13)3(2)10)4(11)6(12)8(1,14)15. The Balaban J connectivity index is 2.86. The monoisotopic (exact) mass is 355 g/mol. The Morgan fingerprint density at radius 3 is 2.00 bits per heavy atom. The first-order chi connectivity index (χ1) is 7.28. The Kier molecular flexibility index (Phi) is 3.54. The van der Waals surface area contributed by atoms with E-state index in [1.807, 2.05) is 0 Å². The van der Waals surface area contributed by atoms with Gasteiger partial charge in [-0.15, -0.1) is 0 Å². The maximum Gasteiger partial charge on any atom is 0.183 e. The van der Waals surface area contributed by atoms with E-state index in [0.29, 0.717) is 0 Å². The Labute approximate surface area is 126 Å². The molecule has 0 unspecified atom stereocenters. The fourth-order valence-corrected chi connectivity index (χ4v) is 3.20. The fourth-order valence-electron chi connectivity index (χ4n) is 1.30. The zero-order valence-electron chi connectivity index (χ0n) is 7.09. The lowest BCUT2D eigenvalue weighted by molar-refractivity contribution is 1.08. The maximum absolute atomic E-state index is 6.04. The molecule has 0 radical (unpaired) electrons. The molecule has 86 valence electrons. The van der Waals surface area contributed by atoms with Crippen molar-refractivity contribution in [2.75, 3.05) is 0 Å². The molecule has 0 saturated heterocycles. The average molecular weight is 358 g/mol. The van der Waals surface area contributed by atoms with Crippen molar-refractivity contribution in [2.24, 2.45) is 0 Å². The molecule has 1 aromatic heterocycles. The number of pyridine rings is 1. The summed E-state index contributed by atoms with van der Waals surface area (Å²) >= 11 is 41.5. The molecule has 0 amide bonds. The van der Waals surface area contributed by atoms with Gasteiger partial charge in [0.2, 0.25) is 0 Å². The number of allylic oxidation sites excluding steroid dienone is 1. The number of aromatic nitrogens is 1. The molecular formula is C8Cl7N. The van der Waals surface area contributed by atoms with E-state index in [0.717, 1.165) is 0 Å². The van der Waals surface area contributed by atoms with E-state index < -0.39 is 4.33 Å². The molecule has 1 aliphatic rings. The first-order valence-corrected chi connectivity index (χ1v) is 6.42. The first-order valence-electron chi connectivity index (χ1n) is 3.77. The third kappa shape index (κ3) is 1.73. The fraction of sp³-hybridized carbons (Fsp3) is 0.125. The summed E-state index contributed by atoms with van der Waals surface area (Å²) < 4.78 is -1.55. The predicted octanol–water partition coefficient (Wildman–Crippen LogP) is 5.83. The summed E-state index contributed by atoms with van der Waals surface area (Å²) in [6.45, 7) is 0. The SMILES string of the molecule is ClC1=C(Cl)C(Cl)(Cl)c2c1nc(Cl)c(Cl)c2Cl. The number of rotatable bonds is 0. The minimum Gasteiger partial charge on any atom is -0.233 e. The van der Waals surface area contributed by atoms with Gasteiger partial charge in [-0.05, 0) is 0 Å². The van der Waals surface area contributed by atoms with E-state index in [1.165, 1.54) is 0 Å². The van der Waals surface area contributed by atoms with Crippen molar-refractivity contribution in [3.05, 3.63) is 31.5 Å². The quantitative estimate of drug-likeness (QED) is 0.420. The molecule has 0 fully saturated rings. The second-order valence-electron chi connectivity index (χ2n) is 2.96. The first kappa shape index (κ1) is 13.4. The Hall–Kier alpha value is 0.920. The van der Waals surface area contributed by atoms with Crippen LogP contribution in [0, 0.1) is 0 Å². The second kappa shape index (κ2) is 4.24. The van der Waals surface area contributed by atoms with Crippen LogP contribution in [0.3, 0.4) is 0 Å². The Morgan fingerprint density at radius 2 is 1.44 bits per heavy atom. The number of halogens is 7.